The van der Waals surface area contributed by atoms with Gasteiger partial charge in [0, 0.05) is 11.6 Å². The second-order valence-corrected chi connectivity index (χ2v) is 4.97. The van der Waals surface area contributed by atoms with E-state index in [2.05, 4.69) is 4.98 Å². The summed E-state index contributed by atoms with van der Waals surface area (Å²) in [5.41, 5.74) is 1.59. The fourth-order valence-electron chi connectivity index (χ4n) is 1.60. The summed E-state index contributed by atoms with van der Waals surface area (Å²) in [5.74, 6) is -0.485. The van der Waals surface area contributed by atoms with Gasteiger partial charge in [0.25, 0.3) is 0 Å². The van der Waals surface area contributed by atoms with Crippen molar-refractivity contribution in [1.29, 1.82) is 0 Å². The first-order chi connectivity index (χ1) is 7.56. The number of hydrogen-bond acceptors (Lipinski definition) is 3. The number of aryl methyl sites for hydroxylation is 1. The average Bonchev–Trinajstić information content (AvgIpc) is 2.25. The van der Waals surface area contributed by atoms with Crippen molar-refractivity contribution >= 4 is 21.1 Å². The molecule has 1 aromatic carbocycles. The average molecular weight is 239 g/mol. The van der Waals surface area contributed by atoms with Crippen LogP contribution in [0.3, 0.4) is 0 Å². The lowest BCUT2D eigenvalue weighted by molar-refractivity contribution is 0.551. The standard InChI is InChI=1S/C11H10FNO2S/c12-16(14,15)8-6-9-5-7-13-11-4-2-1-3-10(9)11/h1-5,7H,6,8H2. The number of aromatic nitrogens is 1. The van der Waals surface area contributed by atoms with Crippen LogP contribution in [-0.2, 0) is 16.6 Å². The summed E-state index contributed by atoms with van der Waals surface area (Å²) >= 11 is 0. The van der Waals surface area contributed by atoms with E-state index in [1.54, 1.807) is 12.3 Å². The molecule has 1 aromatic heterocycles. The fraction of sp³-hybridized carbons (Fsp3) is 0.182. The first kappa shape index (κ1) is 11.0. The largest absolute Gasteiger partial charge is 0.302 e. The molecule has 0 atom stereocenters. The third-order valence-electron chi connectivity index (χ3n) is 2.35. The van der Waals surface area contributed by atoms with Crippen molar-refractivity contribution in [3.05, 3.63) is 42.1 Å². The molecule has 0 bridgehead atoms. The smallest absolute Gasteiger partial charge is 0.256 e. The quantitative estimate of drug-likeness (QED) is 0.770. The lowest BCUT2D eigenvalue weighted by atomic mass is 10.1. The predicted octanol–water partition coefficient (Wildman–Crippen LogP) is 2.08. The summed E-state index contributed by atoms with van der Waals surface area (Å²) in [6, 6.07) is 9.10. The second kappa shape index (κ2) is 4.17. The van der Waals surface area contributed by atoms with Gasteiger partial charge in [-0.2, -0.15) is 8.42 Å². The first-order valence-corrected chi connectivity index (χ1v) is 6.36. The van der Waals surface area contributed by atoms with Crippen LogP contribution < -0.4 is 0 Å². The van der Waals surface area contributed by atoms with E-state index in [4.69, 9.17) is 0 Å². The highest BCUT2D eigenvalue weighted by atomic mass is 32.3. The Hall–Kier alpha value is -1.49. The van der Waals surface area contributed by atoms with E-state index in [-0.39, 0.29) is 6.42 Å². The molecule has 0 aliphatic heterocycles. The first-order valence-electron chi connectivity index (χ1n) is 4.81. The molecule has 0 spiro atoms. The van der Waals surface area contributed by atoms with Crippen molar-refractivity contribution in [2.45, 2.75) is 6.42 Å². The van der Waals surface area contributed by atoms with Gasteiger partial charge in [0.15, 0.2) is 0 Å². The Morgan fingerprint density at radius 3 is 2.69 bits per heavy atom. The van der Waals surface area contributed by atoms with Crippen molar-refractivity contribution in [2.75, 3.05) is 5.75 Å². The van der Waals surface area contributed by atoms with Crippen LogP contribution in [0.25, 0.3) is 10.9 Å². The van der Waals surface area contributed by atoms with Gasteiger partial charge in [-0.1, -0.05) is 18.2 Å². The van der Waals surface area contributed by atoms with E-state index in [9.17, 15) is 12.3 Å². The molecule has 0 radical (unpaired) electrons. The molecule has 3 nitrogen and oxygen atoms in total. The third-order valence-corrected chi connectivity index (χ3v) is 3.05. The molecule has 2 aromatic rings. The lowest BCUT2D eigenvalue weighted by Crippen LogP contribution is -2.02. The van der Waals surface area contributed by atoms with Crippen molar-refractivity contribution in [2.24, 2.45) is 0 Å². The summed E-state index contributed by atoms with van der Waals surface area (Å²) < 4.78 is 33.3. The number of nitrogens with zero attached hydrogens (tertiary/aromatic N) is 1. The highest BCUT2D eigenvalue weighted by Crippen LogP contribution is 2.17. The molecule has 5 heteroatoms. The summed E-state index contributed by atoms with van der Waals surface area (Å²) in [7, 11) is -4.41. The maximum absolute atomic E-state index is 12.4. The highest BCUT2D eigenvalue weighted by Gasteiger charge is 2.09. The number of halogens is 1. The maximum atomic E-state index is 12.4. The van der Waals surface area contributed by atoms with Gasteiger partial charge < -0.3 is 0 Å². The minimum atomic E-state index is -4.41. The zero-order chi connectivity index (χ0) is 11.6. The van der Waals surface area contributed by atoms with Gasteiger partial charge in [-0.15, -0.1) is 3.89 Å². The van der Waals surface area contributed by atoms with Crippen LogP contribution in [0.2, 0.25) is 0 Å². The van der Waals surface area contributed by atoms with Crippen molar-refractivity contribution < 1.29 is 12.3 Å². The summed E-state index contributed by atoms with van der Waals surface area (Å²) in [5, 5.41) is 0.869. The molecule has 0 saturated heterocycles. The molecular formula is C11H10FNO2S. The van der Waals surface area contributed by atoms with E-state index in [1.807, 2.05) is 24.3 Å². The molecular weight excluding hydrogens is 229 g/mol. The number of fused-ring (bicyclic) bond motifs is 1. The van der Waals surface area contributed by atoms with Crippen LogP contribution in [0.15, 0.2) is 36.5 Å². The van der Waals surface area contributed by atoms with Gasteiger partial charge in [-0.3, -0.25) is 4.98 Å². The summed E-state index contributed by atoms with van der Waals surface area (Å²) in [6.45, 7) is 0. The Balaban J connectivity index is 2.38. The van der Waals surface area contributed by atoms with Crippen molar-refractivity contribution in [1.82, 2.24) is 4.98 Å². The van der Waals surface area contributed by atoms with Gasteiger partial charge >= 0.3 is 10.2 Å². The molecule has 16 heavy (non-hydrogen) atoms. The monoisotopic (exact) mass is 239 g/mol. The summed E-state index contributed by atoms with van der Waals surface area (Å²) in [6.07, 6.45) is 1.77. The molecule has 0 amide bonds. The summed E-state index contributed by atoms with van der Waals surface area (Å²) in [4.78, 5) is 4.14. The number of para-hydroxylation sites is 1. The predicted molar refractivity (Wildman–Crippen MR) is 60.3 cm³/mol. The zero-order valence-corrected chi connectivity index (χ0v) is 9.24. The SMILES string of the molecule is O=S(=O)(F)CCc1ccnc2ccccc12. The molecule has 0 fully saturated rings. The van der Waals surface area contributed by atoms with E-state index in [0.29, 0.717) is 0 Å². The second-order valence-electron chi connectivity index (χ2n) is 3.48. The number of benzene rings is 1. The molecule has 0 saturated carbocycles. The van der Waals surface area contributed by atoms with E-state index in [1.165, 1.54) is 0 Å². The zero-order valence-electron chi connectivity index (χ0n) is 8.43. The molecule has 2 rings (SSSR count). The van der Waals surface area contributed by atoms with Gasteiger partial charge in [-0.25, -0.2) is 0 Å². The lowest BCUT2D eigenvalue weighted by Gasteiger charge is -2.03. The van der Waals surface area contributed by atoms with Crippen molar-refractivity contribution in [3.8, 4) is 0 Å². The van der Waals surface area contributed by atoms with Crippen LogP contribution >= 0.6 is 0 Å². The van der Waals surface area contributed by atoms with Gasteiger partial charge in [0.05, 0.1) is 11.3 Å². The highest BCUT2D eigenvalue weighted by molar-refractivity contribution is 7.86. The normalized spacial score (nSPS) is 11.8. The molecule has 0 aliphatic carbocycles. The van der Waals surface area contributed by atoms with Crippen LogP contribution in [0.1, 0.15) is 5.56 Å². The van der Waals surface area contributed by atoms with Crippen LogP contribution in [0.5, 0.6) is 0 Å². The number of hydrogen-bond donors (Lipinski definition) is 0. The Morgan fingerprint density at radius 1 is 1.19 bits per heavy atom. The Kier molecular flexibility index (Phi) is 2.87. The Labute approximate surface area is 93.1 Å². The van der Waals surface area contributed by atoms with Crippen molar-refractivity contribution in [3.63, 3.8) is 0 Å². The molecule has 84 valence electrons. The minimum Gasteiger partial charge on any atom is -0.256 e. The van der Waals surface area contributed by atoms with Gasteiger partial charge in [0.2, 0.25) is 0 Å². The van der Waals surface area contributed by atoms with Gasteiger partial charge in [-0.05, 0) is 24.1 Å². The van der Waals surface area contributed by atoms with Crippen LogP contribution in [-0.4, -0.2) is 19.2 Å². The Morgan fingerprint density at radius 2 is 1.94 bits per heavy atom. The molecule has 0 unspecified atom stereocenters. The maximum Gasteiger partial charge on any atom is 0.302 e. The van der Waals surface area contributed by atoms with E-state index < -0.39 is 16.0 Å². The fourth-order valence-corrected chi connectivity index (χ4v) is 2.07. The molecule has 1 heterocycles. The van der Waals surface area contributed by atoms with E-state index in [0.717, 1.165) is 16.5 Å². The van der Waals surface area contributed by atoms with Crippen LogP contribution in [0, 0.1) is 0 Å². The van der Waals surface area contributed by atoms with E-state index >= 15 is 0 Å². The number of pyridine rings is 1. The topological polar surface area (TPSA) is 47.0 Å². The molecule has 0 N–H and O–H groups in total. The van der Waals surface area contributed by atoms with Crippen LogP contribution in [0.4, 0.5) is 3.89 Å². The minimum absolute atomic E-state index is 0.169. The number of rotatable bonds is 3. The molecule has 0 aliphatic rings. The Bertz CT molecular complexity index is 605. The van der Waals surface area contributed by atoms with Gasteiger partial charge in [0.1, 0.15) is 0 Å². The third kappa shape index (κ3) is 2.55.